The molecule has 2 aromatic rings. The van der Waals surface area contributed by atoms with Crippen molar-refractivity contribution in [2.75, 3.05) is 5.43 Å². The topological polar surface area (TPSA) is 37.3 Å². The van der Waals surface area contributed by atoms with Crippen LogP contribution in [0.2, 0.25) is 0 Å². The van der Waals surface area contributed by atoms with Crippen LogP contribution < -0.4 is 5.43 Å². The van der Waals surface area contributed by atoms with Crippen LogP contribution in [0.5, 0.6) is 0 Å². The summed E-state index contributed by atoms with van der Waals surface area (Å²) >= 11 is 0. The largest absolute Gasteiger partial charge is 0.416 e. The van der Waals surface area contributed by atoms with Crippen molar-refractivity contribution in [1.82, 2.24) is 4.98 Å². The first kappa shape index (κ1) is 14.0. The standard InChI is InChI=1S/C14H12F3N3/c1-10(19-20-13-7-2-3-8-18-13)11-5-4-6-12(9-11)14(15,16)17/h2-9H,1H3,(H,18,20)/b19-10+. The van der Waals surface area contributed by atoms with E-state index in [-0.39, 0.29) is 0 Å². The normalized spacial score (nSPS) is 12.3. The number of halogens is 3. The Morgan fingerprint density at radius 2 is 1.95 bits per heavy atom. The summed E-state index contributed by atoms with van der Waals surface area (Å²) in [5, 5.41) is 4.02. The first-order valence-corrected chi connectivity index (χ1v) is 5.86. The number of nitrogens with one attached hydrogen (secondary N) is 1. The van der Waals surface area contributed by atoms with Crippen LogP contribution in [-0.2, 0) is 6.18 Å². The molecule has 1 aromatic heterocycles. The minimum Gasteiger partial charge on any atom is -0.261 e. The van der Waals surface area contributed by atoms with Crippen LogP contribution in [0, 0.1) is 0 Å². The van der Waals surface area contributed by atoms with Crippen molar-refractivity contribution >= 4 is 11.5 Å². The van der Waals surface area contributed by atoms with Gasteiger partial charge in [0.05, 0.1) is 11.3 Å². The zero-order chi connectivity index (χ0) is 14.6. The summed E-state index contributed by atoms with van der Waals surface area (Å²) in [6, 6.07) is 10.3. The lowest BCUT2D eigenvalue weighted by molar-refractivity contribution is -0.137. The molecule has 3 nitrogen and oxygen atoms in total. The maximum atomic E-state index is 12.6. The number of alkyl halides is 3. The average Bonchev–Trinajstić information content (AvgIpc) is 2.45. The molecule has 1 N–H and O–H groups in total. The van der Waals surface area contributed by atoms with E-state index in [1.54, 1.807) is 37.4 Å². The number of rotatable bonds is 3. The third-order valence-electron chi connectivity index (χ3n) is 2.61. The first-order valence-electron chi connectivity index (χ1n) is 5.86. The number of hydrogen-bond donors (Lipinski definition) is 1. The van der Waals surface area contributed by atoms with E-state index in [0.717, 1.165) is 12.1 Å². The Bertz CT molecular complexity index is 607. The van der Waals surface area contributed by atoms with Crippen LogP contribution in [-0.4, -0.2) is 10.7 Å². The van der Waals surface area contributed by atoms with Gasteiger partial charge in [-0.25, -0.2) is 4.98 Å². The highest BCUT2D eigenvalue weighted by molar-refractivity contribution is 5.99. The van der Waals surface area contributed by atoms with Crippen molar-refractivity contribution in [3.8, 4) is 0 Å². The van der Waals surface area contributed by atoms with Gasteiger partial charge in [0, 0.05) is 6.20 Å². The lowest BCUT2D eigenvalue weighted by Crippen LogP contribution is -2.07. The fraction of sp³-hybridized carbons (Fsp3) is 0.143. The molecular weight excluding hydrogens is 267 g/mol. The van der Waals surface area contributed by atoms with E-state index in [4.69, 9.17) is 0 Å². The number of aromatic nitrogens is 1. The van der Waals surface area contributed by atoms with Crippen molar-refractivity contribution in [1.29, 1.82) is 0 Å². The lowest BCUT2D eigenvalue weighted by Gasteiger charge is -2.08. The highest BCUT2D eigenvalue weighted by Gasteiger charge is 2.30. The third-order valence-corrected chi connectivity index (χ3v) is 2.61. The molecule has 0 saturated carbocycles. The molecule has 0 atom stereocenters. The molecule has 104 valence electrons. The summed E-state index contributed by atoms with van der Waals surface area (Å²) < 4.78 is 37.8. The van der Waals surface area contributed by atoms with Crippen molar-refractivity contribution < 1.29 is 13.2 Å². The molecule has 0 aliphatic carbocycles. The van der Waals surface area contributed by atoms with Gasteiger partial charge in [0.1, 0.15) is 5.82 Å². The SMILES string of the molecule is C/C(=N\Nc1ccccn1)c1cccc(C(F)(F)F)c1. The van der Waals surface area contributed by atoms with Gasteiger partial charge in [-0.05, 0) is 36.8 Å². The summed E-state index contributed by atoms with van der Waals surface area (Å²) in [7, 11) is 0. The van der Waals surface area contributed by atoms with E-state index in [1.807, 2.05) is 0 Å². The molecule has 0 radical (unpaired) electrons. The van der Waals surface area contributed by atoms with Gasteiger partial charge in [-0.1, -0.05) is 18.2 Å². The van der Waals surface area contributed by atoms with Gasteiger partial charge in [0.15, 0.2) is 0 Å². The van der Waals surface area contributed by atoms with Crippen LogP contribution in [0.25, 0.3) is 0 Å². The van der Waals surface area contributed by atoms with Crippen molar-refractivity contribution in [2.45, 2.75) is 13.1 Å². The van der Waals surface area contributed by atoms with Gasteiger partial charge < -0.3 is 0 Å². The van der Waals surface area contributed by atoms with Crippen LogP contribution in [0.15, 0.2) is 53.8 Å². The average molecular weight is 279 g/mol. The number of benzene rings is 1. The van der Waals surface area contributed by atoms with Gasteiger partial charge in [0.25, 0.3) is 0 Å². The Kier molecular flexibility index (Phi) is 4.02. The summed E-state index contributed by atoms with van der Waals surface area (Å²) in [6.45, 7) is 1.63. The predicted octanol–water partition coefficient (Wildman–Crippen LogP) is 3.94. The Morgan fingerprint density at radius 1 is 1.15 bits per heavy atom. The van der Waals surface area contributed by atoms with Crippen molar-refractivity contribution in [3.05, 3.63) is 59.8 Å². The lowest BCUT2D eigenvalue weighted by atomic mass is 10.1. The fourth-order valence-corrected chi connectivity index (χ4v) is 1.56. The molecule has 0 bridgehead atoms. The van der Waals surface area contributed by atoms with E-state index in [9.17, 15) is 13.2 Å². The molecule has 1 aromatic carbocycles. The second-order valence-corrected chi connectivity index (χ2v) is 4.10. The van der Waals surface area contributed by atoms with E-state index in [2.05, 4.69) is 15.5 Å². The molecule has 0 aliphatic rings. The highest BCUT2D eigenvalue weighted by Crippen LogP contribution is 2.29. The first-order chi connectivity index (χ1) is 9.47. The second-order valence-electron chi connectivity index (χ2n) is 4.10. The molecule has 0 saturated heterocycles. The van der Waals surface area contributed by atoms with Crippen LogP contribution in [0.3, 0.4) is 0 Å². The quantitative estimate of drug-likeness (QED) is 0.682. The van der Waals surface area contributed by atoms with E-state index >= 15 is 0 Å². The molecule has 0 unspecified atom stereocenters. The maximum Gasteiger partial charge on any atom is 0.416 e. The minimum atomic E-state index is -4.36. The van der Waals surface area contributed by atoms with Crippen molar-refractivity contribution in [2.24, 2.45) is 5.10 Å². The minimum absolute atomic E-state index is 0.406. The zero-order valence-electron chi connectivity index (χ0n) is 10.6. The van der Waals surface area contributed by atoms with Gasteiger partial charge in [-0.2, -0.15) is 18.3 Å². The highest BCUT2D eigenvalue weighted by atomic mass is 19.4. The fourth-order valence-electron chi connectivity index (χ4n) is 1.56. The Balaban J connectivity index is 2.19. The van der Waals surface area contributed by atoms with Gasteiger partial charge in [-0.3, -0.25) is 5.43 Å². The molecular formula is C14H12F3N3. The molecule has 0 spiro atoms. The summed E-state index contributed by atoms with van der Waals surface area (Å²) in [5.41, 5.74) is 2.86. The number of anilines is 1. The van der Waals surface area contributed by atoms with Gasteiger partial charge in [-0.15, -0.1) is 0 Å². The summed E-state index contributed by atoms with van der Waals surface area (Å²) in [6.07, 6.45) is -2.76. The van der Waals surface area contributed by atoms with Gasteiger partial charge >= 0.3 is 6.18 Å². The molecule has 1 heterocycles. The molecule has 0 fully saturated rings. The van der Waals surface area contributed by atoms with Crippen molar-refractivity contribution in [3.63, 3.8) is 0 Å². The number of hydrazone groups is 1. The number of nitrogens with zero attached hydrogens (tertiary/aromatic N) is 2. The molecule has 6 heteroatoms. The third kappa shape index (κ3) is 3.57. The monoisotopic (exact) mass is 279 g/mol. The number of hydrogen-bond acceptors (Lipinski definition) is 3. The van der Waals surface area contributed by atoms with E-state index in [0.29, 0.717) is 17.1 Å². The Hall–Kier alpha value is -2.37. The molecule has 20 heavy (non-hydrogen) atoms. The molecule has 2 rings (SSSR count). The Morgan fingerprint density at radius 3 is 2.60 bits per heavy atom. The van der Waals surface area contributed by atoms with Gasteiger partial charge in [0.2, 0.25) is 0 Å². The number of pyridine rings is 1. The smallest absolute Gasteiger partial charge is 0.261 e. The predicted molar refractivity (Wildman–Crippen MR) is 71.5 cm³/mol. The van der Waals surface area contributed by atoms with E-state index in [1.165, 1.54) is 6.07 Å². The second kappa shape index (κ2) is 5.73. The van der Waals surface area contributed by atoms with E-state index < -0.39 is 11.7 Å². The Labute approximate surface area is 114 Å². The maximum absolute atomic E-state index is 12.6. The van der Waals surface area contributed by atoms with Crippen LogP contribution >= 0.6 is 0 Å². The molecule has 0 amide bonds. The van der Waals surface area contributed by atoms with Crippen LogP contribution in [0.4, 0.5) is 19.0 Å². The molecule has 0 aliphatic heterocycles. The van der Waals surface area contributed by atoms with Crippen LogP contribution in [0.1, 0.15) is 18.1 Å². The summed E-state index contributed by atoms with van der Waals surface area (Å²) in [5.74, 6) is 0.527. The summed E-state index contributed by atoms with van der Waals surface area (Å²) in [4.78, 5) is 4.00. The zero-order valence-corrected chi connectivity index (χ0v) is 10.6.